The van der Waals surface area contributed by atoms with Crippen molar-refractivity contribution in [3.05, 3.63) is 47.2 Å². The van der Waals surface area contributed by atoms with Gasteiger partial charge in [-0.2, -0.15) is 0 Å². The van der Waals surface area contributed by atoms with Gasteiger partial charge >= 0.3 is 0 Å². The highest BCUT2D eigenvalue weighted by Crippen LogP contribution is 2.27. The van der Waals surface area contributed by atoms with Gasteiger partial charge in [-0.3, -0.25) is 4.79 Å². The van der Waals surface area contributed by atoms with E-state index in [1.807, 2.05) is 55.3 Å². The molecule has 1 amide bonds. The summed E-state index contributed by atoms with van der Waals surface area (Å²) in [5.41, 5.74) is 2.00. The van der Waals surface area contributed by atoms with Crippen LogP contribution in [0.1, 0.15) is 43.6 Å². The standard InChI is InChI=1S/C20H25ClN2O2/c1-20(2,25)12-14-7-9-23(10-8-14)19(24)18-11-16(13-22-18)15-3-5-17(21)6-4-15/h3-6,11,13-14,22,25H,7-10,12H2,1-2H3. The fourth-order valence-corrected chi connectivity index (χ4v) is 3.67. The number of piperidine rings is 1. The summed E-state index contributed by atoms with van der Waals surface area (Å²) in [6.07, 6.45) is 4.54. The van der Waals surface area contributed by atoms with Gasteiger partial charge < -0.3 is 15.0 Å². The normalized spacial score (nSPS) is 16.2. The van der Waals surface area contributed by atoms with Crippen molar-refractivity contribution >= 4 is 17.5 Å². The van der Waals surface area contributed by atoms with E-state index in [2.05, 4.69) is 4.98 Å². The maximum absolute atomic E-state index is 12.7. The van der Waals surface area contributed by atoms with Gasteiger partial charge in [-0.05, 0) is 68.4 Å². The number of benzene rings is 1. The van der Waals surface area contributed by atoms with Crippen LogP contribution >= 0.6 is 11.6 Å². The Hall–Kier alpha value is -1.78. The summed E-state index contributed by atoms with van der Waals surface area (Å²) in [5.74, 6) is 0.527. The van der Waals surface area contributed by atoms with E-state index in [-0.39, 0.29) is 5.91 Å². The molecule has 1 aliphatic heterocycles. The van der Waals surface area contributed by atoms with Crippen molar-refractivity contribution in [1.29, 1.82) is 0 Å². The third-order valence-electron chi connectivity index (χ3n) is 4.78. The summed E-state index contributed by atoms with van der Waals surface area (Å²) < 4.78 is 0. The Morgan fingerprint density at radius 3 is 2.48 bits per heavy atom. The molecule has 0 bridgehead atoms. The highest BCUT2D eigenvalue weighted by atomic mass is 35.5. The molecule has 1 aliphatic rings. The van der Waals surface area contributed by atoms with Crippen molar-refractivity contribution in [2.24, 2.45) is 5.92 Å². The molecule has 134 valence electrons. The summed E-state index contributed by atoms with van der Waals surface area (Å²) in [4.78, 5) is 17.7. The maximum atomic E-state index is 12.7. The highest BCUT2D eigenvalue weighted by Gasteiger charge is 2.27. The lowest BCUT2D eigenvalue weighted by Gasteiger charge is -2.34. The lowest BCUT2D eigenvalue weighted by molar-refractivity contribution is 0.0357. The number of nitrogens with one attached hydrogen (secondary N) is 1. The number of halogens is 1. The van der Waals surface area contributed by atoms with E-state index in [9.17, 15) is 9.90 Å². The molecule has 5 heteroatoms. The fraction of sp³-hybridized carbons (Fsp3) is 0.450. The zero-order valence-electron chi connectivity index (χ0n) is 14.8. The maximum Gasteiger partial charge on any atom is 0.270 e. The zero-order chi connectivity index (χ0) is 18.0. The summed E-state index contributed by atoms with van der Waals surface area (Å²) in [7, 11) is 0. The molecule has 25 heavy (non-hydrogen) atoms. The van der Waals surface area contributed by atoms with Crippen LogP contribution in [0.15, 0.2) is 36.5 Å². The van der Waals surface area contributed by atoms with E-state index in [0.29, 0.717) is 16.6 Å². The number of aromatic nitrogens is 1. The van der Waals surface area contributed by atoms with Crippen LogP contribution in [0.3, 0.4) is 0 Å². The molecule has 0 aliphatic carbocycles. The second-order valence-corrected chi connectivity index (χ2v) is 8.00. The minimum Gasteiger partial charge on any atom is -0.390 e. The number of amides is 1. The van der Waals surface area contributed by atoms with Crippen LogP contribution in [0.4, 0.5) is 0 Å². The number of carbonyl (C=O) groups is 1. The van der Waals surface area contributed by atoms with Crippen LogP contribution in [0.25, 0.3) is 11.1 Å². The monoisotopic (exact) mass is 360 g/mol. The predicted molar refractivity (Wildman–Crippen MR) is 101 cm³/mol. The molecule has 0 saturated carbocycles. The first kappa shape index (κ1) is 18.0. The first-order chi connectivity index (χ1) is 11.8. The molecule has 4 nitrogen and oxygen atoms in total. The molecular weight excluding hydrogens is 336 g/mol. The van der Waals surface area contributed by atoms with Gasteiger partial charge in [-0.25, -0.2) is 0 Å². The summed E-state index contributed by atoms with van der Waals surface area (Å²) in [5, 5.41) is 10.7. The van der Waals surface area contributed by atoms with Gasteiger partial charge in [0.25, 0.3) is 5.91 Å². The Labute approximate surface area is 153 Å². The van der Waals surface area contributed by atoms with E-state index in [1.54, 1.807) is 0 Å². The molecule has 0 spiro atoms. The molecule has 1 aromatic carbocycles. The van der Waals surface area contributed by atoms with Gasteiger partial charge in [0, 0.05) is 24.3 Å². The number of likely N-dealkylation sites (tertiary alicyclic amines) is 1. The molecule has 3 rings (SSSR count). The molecule has 2 heterocycles. The molecule has 1 fully saturated rings. The van der Waals surface area contributed by atoms with Crippen LogP contribution in [0.5, 0.6) is 0 Å². The number of rotatable bonds is 4. The lowest BCUT2D eigenvalue weighted by Crippen LogP contribution is -2.40. The molecular formula is C20H25ClN2O2. The van der Waals surface area contributed by atoms with Gasteiger partial charge in [-0.15, -0.1) is 0 Å². The SMILES string of the molecule is CC(C)(O)CC1CCN(C(=O)c2cc(-c3ccc(Cl)cc3)c[nH]2)CC1. The van der Waals surface area contributed by atoms with E-state index >= 15 is 0 Å². The second-order valence-electron chi connectivity index (χ2n) is 7.56. The van der Waals surface area contributed by atoms with Crippen molar-refractivity contribution in [3.8, 4) is 11.1 Å². The van der Waals surface area contributed by atoms with Crippen molar-refractivity contribution < 1.29 is 9.90 Å². The highest BCUT2D eigenvalue weighted by molar-refractivity contribution is 6.30. The van der Waals surface area contributed by atoms with Gasteiger partial charge in [0.2, 0.25) is 0 Å². The Kier molecular flexibility index (Phi) is 5.21. The zero-order valence-corrected chi connectivity index (χ0v) is 15.5. The number of aliphatic hydroxyl groups is 1. The van der Waals surface area contributed by atoms with E-state index < -0.39 is 5.60 Å². The van der Waals surface area contributed by atoms with Gasteiger partial charge in [0.15, 0.2) is 0 Å². The van der Waals surface area contributed by atoms with Crippen molar-refractivity contribution in [2.75, 3.05) is 13.1 Å². The van der Waals surface area contributed by atoms with Gasteiger partial charge in [-0.1, -0.05) is 23.7 Å². The number of aromatic amines is 1. The number of H-pyrrole nitrogens is 1. The van der Waals surface area contributed by atoms with E-state index in [0.717, 1.165) is 43.5 Å². The number of hydrogen-bond acceptors (Lipinski definition) is 2. The minimum absolute atomic E-state index is 0.0434. The summed E-state index contributed by atoms with van der Waals surface area (Å²) >= 11 is 5.92. The molecule has 2 aromatic rings. The lowest BCUT2D eigenvalue weighted by atomic mass is 9.86. The third-order valence-corrected chi connectivity index (χ3v) is 5.03. The van der Waals surface area contributed by atoms with Crippen LogP contribution in [-0.2, 0) is 0 Å². The largest absolute Gasteiger partial charge is 0.390 e. The second kappa shape index (κ2) is 7.22. The van der Waals surface area contributed by atoms with Crippen molar-refractivity contribution in [3.63, 3.8) is 0 Å². The van der Waals surface area contributed by atoms with E-state index in [1.165, 1.54) is 0 Å². The van der Waals surface area contributed by atoms with Crippen LogP contribution in [-0.4, -0.2) is 39.6 Å². The topological polar surface area (TPSA) is 56.3 Å². The van der Waals surface area contributed by atoms with Crippen LogP contribution in [0.2, 0.25) is 5.02 Å². The molecule has 0 radical (unpaired) electrons. The average Bonchev–Trinajstić information content (AvgIpc) is 3.04. The first-order valence-corrected chi connectivity index (χ1v) is 9.16. The number of hydrogen-bond donors (Lipinski definition) is 2. The Balaban J connectivity index is 1.62. The Morgan fingerprint density at radius 1 is 1.24 bits per heavy atom. The Morgan fingerprint density at radius 2 is 1.88 bits per heavy atom. The molecule has 0 atom stereocenters. The van der Waals surface area contributed by atoms with Crippen molar-refractivity contribution in [2.45, 2.75) is 38.7 Å². The summed E-state index contributed by atoms with van der Waals surface area (Å²) in [6.45, 7) is 5.19. The fourth-order valence-electron chi connectivity index (χ4n) is 3.54. The van der Waals surface area contributed by atoms with Gasteiger partial charge in [0.1, 0.15) is 5.69 Å². The quantitative estimate of drug-likeness (QED) is 0.851. The van der Waals surface area contributed by atoms with Crippen LogP contribution in [0, 0.1) is 5.92 Å². The first-order valence-electron chi connectivity index (χ1n) is 8.78. The van der Waals surface area contributed by atoms with Gasteiger partial charge in [0.05, 0.1) is 5.60 Å². The van der Waals surface area contributed by atoms with E-state index in [4.69, 9.17) is 11.6 Å². The molecule has 0 unspecified atom stereocenters. The molecule has 1 aromatic heterocycles. The number of carbonyl (C=O) groups excluding carboxylic acids is 1. The third kappa shape index (κ3) is 4.65. The predicted octanol–water partition coefficient (Wildman–Crippen LogP) is 4.35. The number of nitrogens with zero attached hydrogens (tertiary/aromatic N) is 1. The van der Waals surface area contributed by atoms with Crippen molar-refractivity contribution in [1.82, 2.24) is 9.88 Å². The smallest absolute Gasteiger partial charge is 0.270 e. The minimum atomic E-state index is -0.635. The van der Waals surface area contributed by atoms with Crippen LogP contribution < -0.4 is 0 Å². The molecule has 2 N–H and O–H groups in total. The molecule has 1 saturated heterocycles. The Bertz CT molecular complexity index is 723. The summed E-state index contributed by atoms with van der Waals surface area (Å²) in [6, 6.07) is 9.48. The average molecular weight is 361 g/mol.